The zero-order chi connectivity index (χ0) is 27.8. The van der Waals surface area contributed by atoms with Crippen molar-refractivity contribution in [2.75, 3.05) is 5.73 Å². The average molecular weight is 536 g/mol. The van der Waals surface area contributed by atoms with Gasteiger partial charge in [-0.3, -0.25) is 4.79 Å². The van der Waals surface area contributed by atoms with Gasteiger partial charge < -0.3 is 16.2 Å². The summed E-state index contributed by atoms with van der Waals surface area (Å²) < 4.78 is 56.2. The normalized spacial score (nSPS) is 14.6. The lowest BCUT2D eigenvalue weighted by atomic mass is 10.0. The van der Waals surface area contributed by atoms with Gasteiger partial charge in [-0.05, 0) is 60.9 Å². The second-order valence-electron chi connectivity index (χ2n) is 9.03. The van der Waals surface area contributed by atoms with Gasteiger partial charge in [0.25, 0.3) is 5.91 Å². The molecule has 11 heteroatoms. The van der Waals surface area contributed by atoms with E-state index in [2.05, 4.69) is 20.3 Å². The van der Waals surface area contributed by atoms with E-state index in [1.54, 1.807) is 48.5 Å². The number of nitrogens with one attached hydrogen (secondary N) is 1. The Morgan fingerprint density at radius 2 is 1.67 bits per heavy atom. The monoisotopic (exact) mass is 535 g/mol. The van der Waals surface area contributed by atoms with Gasteiger partial charge in [-0.15, -0.1) is 0 Å². The van der Waals surface area contributed by atoms with Crippen molar-refractivity contribution in [3.8, 4) is 11.4 Å². The Hall–Kier alpha value is -4.64. The van der Waals surface area contributed by atoms with Crippen LogP contribution < -0.4 is 11.1 Å². The number of nitrogens with two attached hydrogens (primary N) is 1. The van der Waals surface area contributed by atoms with Gasteiger partial charge >= 0.3 is 6.18 Å². The molecule has 198 valence electrons. The Morgan fingerprint density at radius 3 is 2.31 bits per heavy atom. The molecule has 4 aromatic rings. The van der Waals surface area contributed by atoms with E-state index in [1.165, 1.54) is 18.5 Å². The number of amides is 1. The number of hydrogen-bond acceptors (Lipinski definition) is 6. The van der Waals surface area contributed by atoms with Crippen LogP contribution in [0.4, 0.5) is 28.9 Å². The third-order valence-corrected chi connectivity index (χ3v) is 6.26. The van der Waals surface area contributed by atoms with E-state index in [9.17, 15) is 23.1 Å². The highest BCUT2D eigenvalue weighted by Crippen LogP contribution is 2.46. The molecule has 0 radical (unpaired) electrons. The summed E-state index contributed by atoms with van der Waals surface area (Å²) in [5.41, 5.74) is 4.06. The molecule has 0 unspecified atom stereocenters. The van der Waals surface area contributed by atoms with E-state index < -0.39 is 40.2 Å². The molecule has 0 atom stereocenters. The molecule has 0 spiro atoms. The summed E-state index contributed by atoms with van der Waals surface area (Å²) in [7, 11) is 0. The summed E-state index contributed by atoms with van der Waals surface area (Å²) in [4.78, 5) is 25.5. The molecule has 3 aromatic carbocycles. The fourth-order valence-electron chi connectivity index (χ4n) is 4.02. The maximum atomic E-state index is 15.0. The number of halogens is 4. The van der Waals surface area contributed by atoms with Crippen LogP contribution in [-0.4, -0.2) is 26.8 Å². The van der Waals surface area contributed by atoms with E-state index in [-0.39, 0.29) is 29.0 Å². The van der Waals surface area contributed by atoms with Crippen molar-refractivity contribution in [3.05, 3.63) is 107 Å². The van der Waals surface area contributed by atoms with Gasteiger partial charge in [0.05, 0.1) is 22.4 Å². The summed E-state index contributed by atoms with van der Waals surface area (Å²) >= 11 is 0. The van der Waals surface area contributed by atoms with Crippen molar-refractivity contribution >= 4 is 23.1 Å². The minimum Gasteiger partial charge on any atom is -0.398 e. The summed E-state index contributed by atoms with van der Waals surface area (Å²) in [6.45, 7) is 0. The average Bonchev–Trinajstić information content (AvgIpc) is 3.67. The van der Waals surface area contributed by atoms with Gasteiger partial charge in [0, 0.05) is 29.2 Å². The number of rotatable bonds is 5. The molecule has 1 heterocycles. The molecular formula is C28H21F4N5O2. The lowest BCUT2D eigenvalue weighted by Gasteiger charge is -2.17. The van der Waals surface area contributed by atoms with Crippen molar-refractivity contribution in [2.45, 2.75) is 24.6 Å². The SMILES string of the molecule is Nc1ccc(C2(O)CC2)cc1C(=Nc1ccccc1)NC(=O)c1cc(-c2ncccn2)c(C(F)(F)F)cc1F. The number of amidine groups is 1. The molecule has 39 heavy (non-hydrogen) atoms. The highest BCUT2D eigenvalue weighted by molar-refractivity contribution is 6.15. The number of hydrogen-bond donors (Lipinski definition) is 3. The second-order valence-corrected chi connectivity index (χ2v) is 9.03. The fraction of sp³-hybridized carbons (Fsp3) is 0.143. The second kappa shape index (κ2) is 9.91. The highest BCUT2D eigenvalue weighted by atomic mass is 19.4. The largest absolute Gasteiger partial charge is 0.417 e. The number of anilines is 1. The quantitative estimate of drug-likeness (QED) is 0.138. The number of aliphatic hydroxyl groups is 1. The standard InChI is InChI=1S/C28H21F4N5O2/c29-22-15-21(28(30,31)32)18(24-34-11-4-12-35-24)14-19(22)26(38)37-25(36-17-5-2-1-3-6-17)20-13-16(7-8-23(20)33)27(39)9-10-27/h1-8,11-15,39H,9-10,33H2,(H,36,37,38). The summed E-state index contributed by atoms with van der Waals surface area (Å²) in [5.74, 6) is -2.87. The number of nitrogens with zero attached hydrogens (tertiary/aromatic N) is 3. The predicted octanol–water partition coefficient (Wildman–Crippen LogP) is 5.37. The van der Waals surface area contributed by atoms with Gasteiger partial charge in [-0.25, -0.2) is 19.4 Å². The van der Waals surface area contributed by atoms with E-state index in [4.69, 9.17) is 5.73 Å². The van der Waals surface area contributed by atoms with Crippen LogP contribution in [0, 0.1) is 5.82 Å². The smallest absolute Gasteiger partial charge is 0.398 e. The molecular weight excluding hydrogens is 514 g/mol. The van der Waals surface area contributed by atoms with Crippen LogP contribution in [0.3, 0.4) is 0 Å². The van der Waals surface area contributed by atoms with E-state index in [1.807, 2.05) is 0 Å². The topological polar surface area (TPSA) is 113 Å². The number of para-hydroxylation sites is 1. The number of alkyl halides is 3. The molecule has 1 aliphatic carbocycles. The molecule has 7 nitrogen and oxygen atoms in total. The van der Waals surface area contributed by atoms with E-state index >= 15 is 4.39 Å². The Morgan fingerprint density at radius 1 is 0.974 bits per heavy atom. The first-order chi connectivity index (χ1) is 18.5. The number of carbonyl (C=O) groups excluding carboxylic acids is 1. The number of carbonyl (C=O) groups is 1. The van der Waals surface area contributed by atoms with E-state index in [0.29, 0.717) is 24.1 Å². The molecule has 1 saturated carbocycles. The van der Waals surface area contributed by atoms with Crippen LogP contribution in [0.1, 0.15) is 39.9 Å². The van der Waals surface area contributed by atoms with Gasteiger partial charge in [0.15, 0.2) is 5.82 Å². The van der Waals surface area contributed by atoms with Crippen molar-refractivity contribution < 1.29 is 27.5 Å². The highest BCUT2D eigenvalue weighted by Gasteiger charge is 2.42. The van der Waals surface area contributed by atoms with Gasteiger partial charge in [-0.1, -0.05) is 24.3 Å². The fourth-order valence-corrected chi connectivity index (χ4v) is 4.02. The molecule has 0 aliphatic heterocycles. The van der Waals surface area contributed by atoms with Crippen molar-refractivity contribution in [1.29, 1.82) is 0 Å². The maximum absolute atomic E-state index is 15.0. The number of benzene rings is 3. The van der Waals surface area contributed by atoms with Gasteiger partial charge in [-0.2, -0.15) is 13.2 Å². The van der Waals surface area contributed by atoms with Crippen molar-refractivity contribution in [1.82, 2.24) is 15.3 Å². The van der Waals surface area contributed by atoms with E-state index in [0.717, 1.165) is 6.07 Å². The third kappa shape index (κ3) is 5.48. The van der Waals surface area contributed by atoms with Crippen molar-refractivity contribution in [2.24, 2.45) is 4.99 Å². The molecule has 5 rings (SSSR count). The van der Waals surface area contributed by atoms with Crippen LogP contribution in [0.15, 0.2) is 84.1 Å². The zero-order valence-electron chi connectivity index (χ0n) is 20.2. The minimum absolute atomic E-state index is 0.0772. The summed E-state index contributed by atoms with van der Waals surface area (Å²) in [6, 6.07) is 15.7. The zero-order valence-corrected chi connectivity index (χ0v) is 20.2. The van der Waals surface area contributed by atoms with Crippen LogP contribution >= 0.6 is 0 Å². The Bertz CT molecular complexity index is 1570. The van der Waals surface area contributed by atoms with Crippen molar-refractivity contribution in [3.63, 3.8) is 0 Å². The molecule has 1 amide bonds. The molecule has 0 bridgehead atoms. The predicted molar refractivity (Wildman–Crippen MR) is 137 cm³/mol. The third-order valence-electron chi connectivity index (χ3n) is 6.26. The van der Waals surface area contributed by atoms with Gasteiger partial charge in [0.1, 0.15) is 11.7 Å². The number of nitrogen functional groups attached to an aromatic ring is 1. The number of aromatic nitrogens is 2. The first-order valence-electron chi connectivity index (χ1n) is 11.8. The van der Waals surface area contributed by atoms with Crippen LogP contribution in [0.2, 0.25) is 0 Å². The lowest BCUT2D eigenvalue weighted by Crippen LogP contribution is -2.33. The molecule has 0 saturated heterocycles. The summed E-state index contributed by atoms with van der Waals surface area (Å²) in [5, 5.41) is 13.1. The van der Waals surface area contributed by atoms with Crippen LogP contribution in [0.5, 0.6) is 0 Å². The Labute approximate surface area is 220 Å². The minimum atomic E-state index is -4.93. The lowest BCUT2D eigenvalue weighted by molar-refractivity contribution is -0.137. The Balaban J connectivity index is 1.60. The van der Waals surface area contributed by atoms with Crippen LogP contribution in [0.25, 0.3) is 11.4 Å². The van der Waals surface area contributed by atoms with Gasteiger partial charge in [0.2, 0.25) is 0 Å². The maximum Gasteiger partial charge on any atom is 0.417 e. The first kappa shape index (κ1) is 26.0. The number of aliphatic imine (C=N–C) groups is 1. The molecule has 1 aliphatic rings. The molecule has 1 fully saturated rings. The molecule has 1 aromatic heterocycles. The summed E-state index contributed by atoms with van der Waals surface area (Å²) in [6.07, 6.45) is -1.36. The Kier molecular flexibility index (Phi) is 6.61. The first-order valence-corrected chi connectivity index (χ1v) is 11.8. The van der Waals surface area contributed by atoms with Crippen LogP contribution in [-0.2, 0) is 11.8 Å². The molecule has 4 N–H and O–H groups in total.